The van der Waals surface area contributed by atoms with Crippen LogP contribution in [0, 0.1) is 0 Å². The van der Waals surface area contributed by atoms with Crippen LogP contribution in [-0.4, -0.2) is 30.8 Å². The fraction of sp³-hybridized carbons (Fsp3) is 1.00. The van der Waals surface area contributed by atoms with Crippen molar-refractivity contribution in [1.82, 2.24) is 5.01 Å². The van der Waals surface area contributed by atoms with Crippen LogP contribution in [0.3, 0.4) is 0 Å². The summed E-state index contributed by atoms with van der Waals surface area (Å²) in [4.78, 5) is 0. The maximum atomic E-state index is 5.69. The summed E-state index contributed by atoms with van der Waals surface area (Å²) in [7, 11) is 1.68. The van der Waals surface area contributed by atoms with Crippen LogP contribution in [0.15, 0.2) is 0 Å². The van der Waals surface area contributed by atoms with Crippen LogP contribution >= 0.6 is 0 Å². The number of hydrogen-bond acceptors (Lipinski definition) is 3. The molecule has 0 aliphatic rings. The first kappa shape index (κ1) is 9.88. The minimum atomic E-state index is 0.0402. The van der Waals surface area contributed by atoms with Crippen LogP contribution in [0.25, 0.3) is 0 Å². The quantitative estimate of drug-likeness (QED) is 0.468. The molecule has 0 atom stereocenters. The van der Waals surface area contributed by atoms with Crippen molar-refractivity contribution in [2.24, 2.45) is 5.84 Å². The summed E-state index contributed by atoms with van der Waals surface area (Å²) in [5.41, 5.74) is 0.0402. The topological polar surface area (TPSA) is 38.5 Å². The molecule has 3 heteroatoms. The fourth-order valence-electron chi connectivity index (χ4n) is 0.525. The van der Waals surface area contributed by atoms with Crippen molar-refractivity contribution in [2.45, 2.75) is 26.3 Å². The molecule has 10 heavy (non-hydrogen) atoms. The van der Waals surface area contributed by atoms with Gasteiger partial charge in [0.15, 0.2) is 0 Å². The molecule has 0 radical (unpaired) electrons. The molecule has 0 amide bonds. The van der Waals surface area contributed by atoms with E-state index in [0.29, 0.717) is 6.61 Å². The van der Waals surface area contributed by atoms with Crippen molar-refractivity contribution in [2.75, 3.05) is 20.3 Å². The smallest absolute Gasteiger partial charge is 0.0603 e. The third kappa shape index (κ3) is 3.82. The van der Waals surface area contributed by atoms with E-state index in [1.54, 1.807) is 12.1 Å². The Bertz CT molecular complexity index is 88.1. The number of rotatable bonds is 3. The van der Waals surface area contributed by atoms with E-state index in [2.05, 4.69) is 20.8 Å². The average molecular weight is 146 g/mol. The first-order chi connectivity index (χ1) is 4.48. The summed E-state index contributed by atoms with van der Waals surface area (Å²) >= 11 is 0. The normalized spacial score (nSPS) is 12.6. The number of hydrogen-bond donors (Lipinski definition) is 1. The Morgan fingerprint density at radius 3 is 2.20 bits per heavy atom. The van der Waals surface area contributed by atoms with Gasteiger partial charge in [-0.3, -0.25) is 5.84 Å². The zero-order chi connectivity index (χ0) is 8.20. The summed E-state index contributed by atoms with van der Waals surface area (Å²) in [5, 5.41) is 1.77. The Labute approximate surface area is 63.1 Å². The predicted octanol–water partition coefficient (Wildman–Crippen LogP) is 0.607. The van der Waals surface area contributed by atoms with Crippen LogP contribution < -0.4 is 5.84 Å². The molecule has 0 spiro atoms. The molecule has 0 aliphatic carbocycles. The lowest BCUT2D eigenvalue weighted by Crippen LogP contribution is -2.48. The van der Waals surface area contributed by atoms with Crippen LogP contribution in [0.4, 0.5) is 0 Å². The van der Waals surface area contributed by atoms with Crippen LogP contribution in [-0.2, 0) is 4.74 Å². The molecule has 0 aliphatic heterocycles. The summed E-state index contributed by atoms with van der Waals surface area (Å²) in [6.45, 7) is 7.68. The molecule has 2 N–H and O–H groups in total. The standard InChI is InChI=1S/C7H18N2O/c1-7(2,3)9(8)5-6-10-4/h5-6,8H2,1-4H3. The third-order valence-corrected chi connectivity index (χ3v) is 1.40. The van der Waals surface area contributed by atoms with Gasteiger partial charge in [0.05, 0.1) is 6.61 Å². The van der Waals surface area contributed by atoms with E-state index in [-0.39, 0.29) is 5.54 Å². The van der Waals surface area contributed by atoms with Crippen molar-refractivity contribution in [3.63, 3.8) is 0 Å². The summed E-state index contributed by atoms with van der Waals surface area (Å²) in [6, 6.07) is 0. The second-order valence-corrected chi connectivity index (χ2v) is 3.36. The Balaban J connectivity index is 3.52. The molecule has 0 unspecified atom stereocenters. The molecular formula is C7H18N2O. The first-order valence-electron chi connectivity index (χ1n) is 3.49. The van der Waals surface area contributed by atoms with Gasteiger partial charge in [0.25, 0.3) is 0 Å². The van der Waals surface area contributed by atoms with E-state index in [9.17, 15) is 0 Å². The fourth-order valence-corrected chi connectivity index (χ4v) is 0.525. The Kier molecular flexibility index (Phi) is 3.86. The molecule has 3 nitrogen and oxygen atoms in total. The Hall–Kier alpha value is -0.120. The lowest BCUT2D eigenvalue weighted by molar-refractivity contribution is 0.0876. The number of methoxy groups -OCH3 is 1. The molecule has 0 fully saturated rings. The van der Waals surface area contributed by atoms with Crippen LogP contribution in [0.2, 0.25) is 0 Å². The maximum absolute atomic E-state index is 5.69. The summed E-state index contributed by atoms with van der Waals surface area (Å²) in [5.74, 6) is 5.69. The van der Waals surface area contributed by atoms with Gasteiger partial charge in [0.1, 0.15) is 0 Å². The highest BCUT2D eigenvalue weighted by molar-refractivity contribution is 4.70. The van der Waals surface area contributed by atoms with Crippen molar-refractivity contribution in [1.29, 1.82) is 0 Å². The number of ether oxygens (including phenoxy) is 1. The van der Waals surface area contributed by atoms with Crippen molar-refractivity contribution < 1.29 is 4.74 Å². The van der Waals surface area contributed by atoms with Gasteiger partial charge in [-0.2, -0.15) is 0 Å². The lowest BCUT2D eigenvalue weighted by atomic mass is 10.1. The highest BCUT2D eigenvalue weighted by Gasteiger charge is 2.16. The lowest BCUT2D eigenvalue weighted by Gasteiger charge is -2.30. The van der Waals surface area contributed by atoms with Crippen LogP contribution in [0.1, 0.15) is 20.8 Å². The highest BCUT2D eigenvalue weighted by Crippen LogP contribution is 2.06. The van der Waals surface area contributed by atoms with Gasteiger partial charge in [0.2, 0.25) is 0 Å². The van der Waals surface area contributed by atoms with E-state index < -0.39 is 0 Å². The zero-order valence-corrected chi connectivity index (χ0v) is 7.35. The van der Waals surface area contributed by atoms with E-state index in [4.69, 9.17) is 10.6 Å². The molecule has 0 aromatic rings. The monoisotopic (exact) mass is 146 g/mol. The minimum absolute atomic E-state index is 0.0402. The van der Waals surface area contributed by atoms with E-state index >= 15 is 0 Å². The largest absolute Gasteiger partial charge is 0.383 e. The van der Waals surface area contributed by atoms with E-state index in [1.165, 1.54) is 0 Å². The zero-order valence-electron chi connectivity index (χ0n) is 7.35. The maximum Gasteiger partial charge on any atom is 0.0603 e. The van der Waals surface area contributed by atoms with Gasteiger partial charge >= 0.3 is 0 Å². The molecule has 62 valence electrons. The minimum Gasteiger partial charge on any atom is -0.383 e. The molecule has 0 rings (SSSR count). The van der Waals surface area contributed by atoms with Gasteiger partial charge in [-0.15, -0.1) is 0 Å². The second-order valence-electron chi connectivity index (χ2n) is 3.36. The SMILES string of the molecule is COCCN(N)C(C)(C)C. The van der Waals surface area contributed by atoms with Gasteiger partial charge in [-0.1, -0.05) is 0 Å². The molecule has 0 saturated heterocycles. The summed E-state index contributed by atoms with van der Waals surface area (Å²) < 4.78 is 4.89. The summed E-state index contributed by atoms with van der Waals surface area (Å²) in [6.07, 6.45) is 0. The Morgan fingerprint density at radius 1 is 1.40 bits per heavy atom. The highest BCUT2D eigenvalue weighted by atomic mass is 16.5. The third-order valence-electron chi connectivity index (χ3n) is 1.40. The molecule has 0 saturated carbocycles. The number of nitrogens with two attached hydrogens (primary N) is 1. The molecule has 0 heterocycles. The van der Waals surface area contributed by atoms with E-state index in [0.717, 1.165) is 6.54 Å². The van der Waals surface area contributed by atoms with Gasteiger partial charge < -0.3 is 4.74 Å². The van der Waals surface area contributed by atoms with E-state index in [1.807, 2.05) is 0 Å². The number of nitrogens with zero attached hydrogens (tertiary/aromatic N) is 1. The van der Waals surface area contributed by atoms with Crippen molar-refractivity contribution >= 4 is 0 Å². The van der Waals surface area contributed by atoms with Crippen LogP contribution in [0.5, 0.6) is 0 Å². The van der Waals surface area contributed by atoms with Gasteiger partial charge in [0, 0.05) is 19.2 Å². The van der Waals surface area contributed by atoms with Gasteiger partial charge in [-0.05, 0) is 20.8 Å². The average Bonchev–Trinajstić information content (AvgIpc) is 1.80. The van der Waals surface area contributed by atoms with Crippen molar-refractivity contribution in [3.05, 3.63) is 0 Å². The first-order valence-corrected chi connectivity index (χ1v) is 3.49. The molecule has 0 aromatic carbocycles. The predicted molar refractivity (Wildman–Crippen MR) is 42.5 cm³/mol. The number of hydrazine groups is 1. The second kappa shape index (κ2) is 3.91. The molecule has 0 aromatic heterocycles. The molecular weight excluding hydrogens is 128 g/mol. The van der Waals surface area contributed by atoms with Gasteiger partial charge in [-0.25, -0.2) is 5.01 Å². The Morgan fingerprint density at radius 2 is 1.90 bits per heavy atom. The molecule has 0 bridgehead atoms. The van der Waals surface area contributed by atoms with Crippen molar-refractivity contribution in [3.8, 4) is 0 Å².